The Kier molecular flexibility index (Phi) is 5.57. The molecule has 2 heterocycles. The average Bonchev–Trinajstić information content (AvgIpc) is 3.49. The van der Waals surface area contributed by atoms with E-state index in [1.807, 2.05) is 0 Å². The van der Waals surface area contributed by atoms with Crippen molar-refractivity contribution in [1.29, 1.82) is 0 Å². The lowest BCUT2D eigenvalue weighted by Gasteiger charge is -2.16. The highest BCUT2D eigenvalue weighted by Crippen LogP contribution is 2.44. The van der Waals surface area contributed by atoms with Crippen molar-refractivity contribution in [2.45, 2.75) is 0 Å². The van der Waals surface area contributed by atoms with Crippen LogP contribution in [0.1, 0.15) is 0 Å². The van der Waals surface area contributed by atoms with Gasteiger partial charge in [-0.3, -0.25) is 4.57 Å². The third-order valence-corrected chi connectivity index (χ3v) is 9.54. The van der Waals surface area contributed by atoms with Crippen LogP contribution in [-0.4, -0.2) is 14.5 Å². The lowest BCUT2D eigenvalue weighted by Crippen LogP contribution is -2.04. The predicted octanol–water partition coefficient (Wildman–Crippen LogP) is 11.5. The number of aromatic nitrogens is 3. The van der Waals surface area contributed by atoms with Gasteiger partial charge in [0.05, 0.1) is 22.1 Å². The molecule has 0 fully saturated rings. The van der Waals surface area contributed by atoms with E-state index in [2.05, 4.69) is 168 Å². The summed E-state index contributed by atoms with van der Waals surface area (Å²) in [7, 11) is 0. The van der Waals surface area contributed by atoms with Crippen LogP contribution in [0.4, 0.5) is 0 Å². The first-order chi connectivity index (χ1) is 23.3. The van der Waals surface area contributed by atoms with Crippen molar-refractivity contribution in [1.82, 2.24) is 14.5 Å². The first-order valence-corrected chi connectivity index (χ1v) is 16.0. The fraction of sp³-hybridized carbons (Fsp3) is 0. The van der Waals surface area contributed by atoms with Crippen molar-refractivity contribution in [3.05, 3.63) is 164 Å². The van der Waals surface area contributed by atoms with Gasteiger partial charge in [0.15, 0.2) is 5.82 Å². The summed E-state index contributed by atoms with van der Waals surface area (Å²) in [6.45, 7) is 0. The summed E-state index contributed by atoms with van der Waals surface area (Å²) in [5.41, 5.74) is 8.35. The lowest BCUT2D eigenvalue weighted by molar-refractivity contribution is 1.09. The fourth-order valence-electron chi connectivity index (χ4n) is 7.44. The van der Waals surface area contributed by atoms with E-state index in [1.165, 1.54) is 43.4 Å². The molecule has 0 N–H and O–H groups in total. The van der Waals surface area contributed by atoms with E-state index >= 15 is 0 Å². The molecular weight excluding hydrogens is 571 g/mol. The number of nitrogens with zero attached hydrogens (tertiary/aromatic N) is 3. The fourth-order valence-corrected chi connectivity index (χ4v) is 7.44. The minimum atomic E-state index is 0.827. The molecule has 0 saturated carbocycles. The summed E-state index contributed by atoms with van der Waals surface area (Å²) < 4.78 is 2.38. The van der Waals surface area contributed by atoms with Crippen molar-refractivity contribution < 1.29 is 0 Å². The van der Waals surface area contributed by atoms with E-state index in [0.29, 0.717) is 0 Å². The second-order valence-corrected chi connectivity index (χ2v) is 12.2. The number of rotatable bonds is 3. The molecule has 0 saturated heterocycles. The largest absolute Gasteiger partial charge is 0.291 e. The van der Waals surface area contributed by atoms with Crippen LogP contribution in [0.25, 0.3) is 93.4 Å². The van der Waals surface area contributed by atoms with Gasteiger partial charge >= 0.3 is 0 Å². The predicted molar refractivity (Wildman–Crippen MR) is 197 cm³/mol. The van der Waals surface area contributed by atoms with E-state index in [9.17, 15) is 0 Å². The molecule has 47 heavy (non-hydrogen) atoms. The summed E-state index contributed by atoms with van der Waals surface area (Å²) in [6, 6.07) is 58.3. The molecule has 218 valence electrons. The molecule has 0 unspecified atom stereocenters. The Morgan fingerprint density at radius 1 is 0.426 bits per heavy atom. The van der Waals surface area contributed by atoms with Gasteiger partial charge in [0, 0.05) is 27.1 Å². The molecule has 0 aliphatic heterocycles. The summed E-state index contributed by atoms with van der Waals surface area (Å²) in [4.78, 5) is 11.0. The second kappa shape index (κ2) is 10.1. The molecule has 0 amide bonds. The SMILES string of the molecule is c1ccc(-c2nc3ccc4ccccc4c3nc2-n2c3ccc4ccccc4c3c3cc(-c4ccccc4)c4ccccc4c32)cc1. The summed E-state index contributed by atoms with van der Waals surface area (Å²) in [6.07, 6.45) is 0. The lowest BCUT2D eigenvalue weighted by atomic mass is 9.94. The van der Waals surface area contributed by atoms with Crippen LogP contribution in [0, 0.1) is 0 Å². The average molecular weight is 598 g/mol. The number of benzene rings is 8. The maximum atomic E-state index is 5.59. The van der Waals surface area contributed by atoms with Crippen LogP contribution in [0.2, 0.25) is 0 Å². The third kappa shape index (κ3) is 3.87. The highest BCUT2D eigenvalue weighted by molar-refractivity contribution is 6.28. The normalized spacial score (nSPS) is 11.8. The van der Waals surface area contributed by atoms with Crippen molar-refractivity contribution >= 4 is 65.2 Å². The zero-order valence-corrected chi connectivity index (χ0v) is 25.4. The molecule has 10 aromatic rings. The minimum absolute atomic E-state index is 0.827. The molecule has 0 spiro atoms. The van der Waals surface area contributed by atoms with Crippen LogP contribution in [0.5, 0.6) is 0 Å². The minimum Gasteiger partial charge on any atom is -0.291 e. The van der Waals surface area contributed by atoms with Crippen LogP contribution in [-0.2, 0) is 0 Å². The van der Waals surface area contributed by atoms with Gasteiger partial charge in [0.2, 0.25) is 0 Å². The monoisotopic (exact) mass is 597 g/mol. The molecule has 8 aromatic carbocycles. The molecule has 0 aliphatic carbocycles. The number of fused-ring (bicyclic) bond motifs is 10. The zero-order chi connectivity index (χ0) is 30.9. The maximum absolute atomic E-state index is 5.59. The van der Waals surface area contributed by atoms with Crippen LogP contribution in [0.3, 0.4) is 0 Å². The topological polar surface area (TPSA) is 30.7 Å². The van der Waals surface area contributed by atoms with Gasteiger partial charge in [-0.25, -0.2) is 9.97 Å². The van der Waals surface area contributed by atoms with Crippen molar-refractivity contribution in [2.24, 2.45) is 0 Å². The molecule has 10 rings (SSSR count). The molecule has 0 radical (unpaired) electrons. The Labute approximate surface area is 271 Å². The number of hydrogen-bond donors (Lipinski definition) is 0. The van der Waals surface area contributed by atoms with Crippen LogP contribution in [0.15, 0.2) is 164 Å². The van der Waals surface area contributed by atoms with Gasteiger partial charge in [-0.15, -0.1) is 0 Å². The smallest absolute Gasteiger partial charge is 0.165 e. The van der Waals surface area contributed by atoms with Gasteiger partial charge in [0.1, 0.15) is 5.69 Å². The van der Waals surface area contributed by atoms with E-state index in [1.54, 1.807) is 0 Å². The molecule has 2 aromatic heterocycles. The zero-order valence-electron chi connectivity index (χ0n) is 25.4. The highest BCUT2D eigenvalue weighted by Gasteiger charge is 2.23. The van der Waals surface area contributed by atoms with Crippen LogP contribution < -0.4 is 0 Å². The van der Waals surface area contributed by atoms with Gasteiger partial charge in [-0.2, -0.15) is 0 Å². The van der Waals surface area contributed by atoms with Crippen molar-refractivity contribution in [2.75, 3.05) is 0 Å². The van der Waals surface area contributed by atoms with Gasteiger partial charge in [0.25, 0.3) is 0 Å². The summed E-state index contributed by atoms with van der Waals surface area (Å²) in [5, 5.41) is 9.51. The standard InChI is InChI=1S/C44H27N3/c1-3-13-28(14-4-1)36-27-37-40-32-19-9-7-15-29(32)24-26-39(40)47(43(37)35-22-12-11-21-34(35)36)44-41(31-17-5-2-6-18-31)45-38-25-23-30-16-8-10-20-33(30)42(38)46-44/h1-27H. The maximum Gasteiger partial charge on any atom is 0.165 e. The Hall–Kier alpha value is -6.32. The first-order valence-electron chi connectivity index (χ1n) is 16.0. The Morgan fingerprint density at radius 3 is 1.79 bits per heavy atom. The van der Waals surface area contributed by atoms with E-state index in [0.717, 1.165) is 49.9 Å². The van der Waals surface area contributed by atoms with E-state index in [-0.39, 0.29) is 0 Å². The first kappa shape index (κ1) is 26.0. The summed E-state index contributed by atoms with van der Waals surface area (Å²) >= 11 is 0. The molecule has 0 bridgehead atoms. The molecular formula is C44H27N3. The molecule has 3 heteroatoms. The third-order valence-electron chi connectivity index (χ3n) is 9.54. The number of hydrogen-bond acceptors (Lipinski definition) is 2. The second-order valence-electron chi connectivity index (χ2n) is 12.2. The van der Waals surface area contributed by atoms with Crippen molar-refractivity contribution in [3.63, 3.8) is 0 Å². The Bertz CT molecular complexity index is 2830. The Balaban J connectivity index is 1.46. The molecule has 3 nitrogen and oxygen atoms in total. The quantitative estimate of drug-likeness (QED) is 0.190. The van der Waals surface area contributed by atoms with Crippen LogP contribution >= 0.6 is 0 Å². The molecule has 0 aliphatic rings. The van der Waals surface area contributed by atoms with Gasteiger partial charge in [-0.1, -0.05) is 146 Å². The molecule has 0 atom stereocenters. The van der Waals surface area contributed by atoms with Gasteiger partial charge < -0.3 is 0 Å². The summed E-state index contributed by atoms with van der Waals surface area (Å²) in [5.74, 6) is 0.827. The van der Waals surface area contributed by atoms with E-state index in [4.69, 9.17) is 9.97 Å². The highest BCUT2D eigenvalue weighted by atomic mass is 15.1. The van der Waals surface area contributed by atoms with E-state index < -0.39 is 0 Å². The van der Waals surface area contributed by atoms with Gasteiger partial charge in [-0.05, 0) is 50.9 Å². The Morgan fingerprint density at radius 2 is 1.02 bits per heavy atom. The van der Waals surface area contributed by atoms with Crippen molar-refractivity contribution in [3.8, 4) is 28.2 Å².